The van der Waals surface area contributed by atoms with Crippen molar-refractivity contribution in [1.82, 2.24) is 15.0 Å². The molecule has 0 amide bonds. The predicted molar refractivity (Wildman–Crippen MR) is 71.6 cm³/mol. The van der Waals surface area contributed by atoms with E-state index >= 15 is 0 Å². The Balaban J connectivity index is 2.33. The molecule has 0 fully saturated rings. The molecule has 0 aromatic carbocycles. The van der Waals surface area contributed by atoms with Crippen LogP contribution in [0.4, 0.5) is 5.69 Å². The summed E-state index contributed by atoms with van der Waals surface area (Å²) >= 11 is 5.52. The first-order valence-electron chi connectivity index (χ1n) is 5.33. The quantitative estimate of drug-likeness (QED) is 0.875. The number of aryl methyl sites for hydroxylation is 2. The van der Waals surface area contributed by atoms with Crippen LogP contribution in [-0.4, -0.2) is 23.4 Å². The van der Waals surface area contributed by atoms with E-state index in [9.17, 15) is 8.42 Å². The summed E-state index contributed by atoms with van der Waals surface area (Å²) in [6.07, 6.45) is 2.29. The predicted octanol–water partition coefficient (Wildman–Crippen LogP) is 1.94. The van der Waals surface area contributed by atoms with E-state index < -0.39 is 10.0 Å². The van der Waals surface area contributed by atoms with Crippen LogP contribution in [0.5, 0.6) is 0 Å². The number of nitrogens with one attached hydrogen (secondary N) is 1. The lowest BCUT2D eigenvalue weighted by atomic mass is 10.3. The van der Waals surface area contributed by atoms with Crippen LogP contribution in [0.3, 0.4) is 0 Å². The molecule has 0 spiro atoms. The van der Waals surface area contributed by atoms with E-state index in [1.165, 1.54) is 0 Å². The third kappa shape index (κ3) is 3.18. The molecular formula is C11H11ClN4O2S. The summed E-state index contributed by atoms with van der Waals surface area (Å²) in [5.41, 5.74) is 1.83. The summed E-state index contributed by atoms with van der Waals surface area (Å²) in [7, 11) is -3.74. The Labute approximate surface area is 115 Å². The summed E-state index contributed by atoms with van der Waals surface area (Å²) in [6.45, 7) is 3.56. The van der Waals surface area contributed by atoms with Crippen molar-refractivity contribution in [1.29, 1.82) is 0 Å². The fraction of sp³-hybridized carbons (Fsp3) is 0.182. The molecule has 0 aliphatic rings. The van der Waals surface area contributed by atoms with Crippen LogP contribution < -0.4 is 4.72 Å². The molecule has 0 atom stereocenters. The second kappa shape index (κ2) is 5.10. The number of aromatic nitrogens is 3. The van der Waals surface area contributed by atoms with Crippen LogP contribution >= 0.6 is 11.6 Å². The van der Waals surface area contributed by atoms with Gasteiger partial charge in [-0.05, 0) is 37.6 Å². The van der Waals surface area contributed by atoms with Crippen LogP contribution in [0.2, 0.25) is 5.28 Å². The highest BCUT2D eigenvalue weighted by Gasteiger charge is 2.16. The van der Waals surface area contributed by atoms with E-state index in [0.717, 1.165) is 18.1 Å². The first kappa shape index (κ1) is 13.7. The van der Waals surface area contributed by atoms with E-state index in [0.29, 0.717) is 11.4 Å². The number of pyridine rings is 1. The Morgan fingerprint density at radius 2 is 1.79 bits per heavy atom. The normalized spacial score (nSPS) is 11.3. The molecule has 0 saturated heterocycles. The first-order valence-corrected chi connectivity index (χ1v) is 7.19. The molecule has 8 heteroatoms. The van der Waals surface area contributed by atoms with Gasteiger partial charge in [0, 0.05) is 5.69 Å². The minimum atomic E-state index is -3.74. The minimum absolute atomic E-state index is 0.00728. The molecule has 0 unspecified atom stereocenters. The second-order valence-electron chi connectivity index (χ2n) is 3.88. The Bertz CT molecular complexity index is 701. The summed E-state index contributed by atoms with van der Waals surface area (Å²) in [5.74, 6) is 0. The maximum absolute atomic E-state index is 12.1. The van der Waals surface area contributed by atoms with Gasteiger partial charge in [-0.25, -0.2) is 18.4 Å². The fourth-order valence-corrected chi connectivity index (χ4v) is 2.54. The highest BCUT2D eigenvalue weighted by atomic mass is 35.5. The zero-order chi connectivity index (χ0) is 14.0. The van der Waals surface area contributed by atoms with Gasteiger partial charge < -0.3 is 0 Å². The molecule has 0 aliphatic heterocycles. The molecule has 2 aromatic heterocycles. The summed E-state index contributed by atoms with van der Waals surface area (Å²) < 4.78 is 26.6. The van der Waals surface area contributed by atoms with Gasteiger partial charge in [-0.1, -0.05) is 0 Å². The summed E-state index contributed by atoms with van der Waals surface area (Å²) in [5, 5.41) is -0.00728. The van der Waals surface area contributed by atoms with Crippen molar-refractivity contribution in [2.75, 3.05) is 4.72 Å². The van der Waals surface area contributed by atoms with Gasteiger partial charge in [0.25, 0.3) is 10.0 Å². The van der Waals surface area contributed by atoms with Gasteiger partial charge in [0.05, 0.1) is 23.8 Å². The fourth-order valence-electron chi connectivity index (χ4n) is 1.44. The Kier molecular flexibility index (Phi) is 3.68. The van der Waals surface area contributed by atoms with Crippen molar-refractivity contribution >= 4 is 27.3 Å². The molecule has 0 aliphatic carbocycles. The molecule has 19 heavy (non-hydrogen) atoms. The van der Waals surface area contributed by atoms with Crippen LogP contribution in [0.25, 0.3) is 0 Å². The highest BCUT2D eigenvalue weighted by Crippen LogP contribution is 2.18. The van der Waals surface area contributed by atoms with E-state index in [-0.39, 0.29) is 10.2 Å². The lowest BCUT2D eigenvalue weighted by molar-refractivity contribution is 0.600. The minimum Gasteiger partial charge on any atom is -0.278 e. The van der Waals surface area contributed by atoms with E-state index in [1.54, 1.807) is 19.1 Å². The van der Waals surface area contributed by atoms with Crippen LogP contribution in [0.15, 0.2) is 29.4 Å². The van der Waals surface area contributed by atoms with E-state index in [4.69, 9.17) is 11.6 Å². The zero-order valence-electron chi connectivity index (χ0n) is 10.3. The van der Waals surface area contributed by atoms with Crippen LogP contribution in [0, 0.1) is 13.8 Å². The van der Waals surface area contributed by atoms with Gasteiger partial charge in [-0.2, -0.15) is 0 Å². The maximum Gasteiger partial charge on any atom is 0.265 e. The van der Waals surface area contributed by atoms with Crippen molar-refractivity contribution in [2.45, 2.75) is 18.7 Å². The van der Waals surface area contributed by atoms with Gasteiger partial charge in [0.15, 0.2) is 0 Å². The third-order valence-electron chi connectivity index (χ3n) is 2.38. The Morgan fingerprint density at radius 1 is 1.16 bits per heavy atom. The molecule has 100 valence electrons. The Hall–Kier alpha value is -1.73. The maximum atomic E-state index is 12.1. The van der Waals surface area contributed by atoms with Crippen LogP contribution in [-0.2, 0) is 10.0 Å². The summed E-state index contributed by atoms with van der Waals surface area (Å²) in [4.78, 5) is 11.4. The molecule has 0 bridgehead atoms. The standard InChI is InChI=1S/C11H11ClN4O2S/c1-7-3-4-10(8(2)15-7)16-19(17,18)9-5-13-11(12)14-6-9/h3-6,16H,1-2H3. The van der Waals surface area contributed by atoms with Gasteiger partial charge in [0.2, 0.25) is 5.28 Å². The van der Waals surface area contributed by atoms with E-state index in [1.807, 2.05) is 6.92 Å². The smallest absolute Gasteiger partial charge is 0.265 e. The molecule has 0 radical (unpaired) electrons. The van der Waals surface area contributed by atoms with Crippen molar-refractivity contribution < 1.29 is 8.42 Å². The zero-order valence-corrected chi connectivity index (χ0v) is 11.8. The number of halogens is 1. The topological polar surface area (TPSA) is 84.8 Å². The average molecular weight is 299 g/mol. The molecule has 6 nitrogen and oxygen atoms in total. The third-order valence-corrected chi connectivity index (χ3v) is 3.89. The SMILES string of the molecule is Cc1ccc(NS(=O)(=O)c2cnc(Cl)nc2)c(C)n1. The number of hydrogen-bond donors (Lipinski definition) is 1. The van der Waals surface area contributed by atoms with E-state index in [2.05, 4.69) is 19.7 Å². The average Bonchev–Trinajstić information content (AvgIpc) is 2.33. The number of anilines is 1. The van der Waals surface area contributed by atoms with Crippen molar-refractivity contribution in [3.05, 3.63) is 41.2 Å². The van der Waals surface area contributed by atoms with Crippen LogP contribution in [0.1, 0.15) is 11.4 Å². The van der Waals surface area contributed by atoms with Gasteiger partial charge in [0.1, 0.15) is 4.90 Å². The number of rotatable bonds is 3. The lowest BCUT2D eigenvalue weighted by Crippen LogP contribution is -2.15. The molecule has 2 heterocycles. The van der Waals surface area contributed by atoms with Crippen molar-refractivity contribution in [2.24, 2.45) is 0 Å². The largest absolute Gasteiger partial charge is 0.278 e. The molecule has 2 rings (SSSR count). The van der Waals surface area contributed by atoms with Crippen molar-refractivity contribution in [3.8, 4) is 0 Å². The summed E-state index contributed by atoms with van der Waals surface area (Å²) in [6, 6.07) is 3.38. The first-order chi connectivity index (χ1) is 8.88. The molecule has 0 saturated carbocycles. The monoisotopic (exact) mass is 298 g/mol. The number of sulfonamides is 1. The second-order valence-corrected chi connectivity index (χ2v) is 5.90. The van der Waals surface area contributed by atoms with Gasteiger partial charge >= 0.3 is 0 Å². The van der Waals surface area contributed by atoms with Gasteiger partial charge in [-0.15, -0.1) is 0 Å². The molecule has 2 aromatic rings. The number of hydrogen-bond acceptors (Lipinski definition) is 5. The van der Waals surface area contributed by atoms with Gasteiger partial charge in [-0.3, -0.25) is 9.71 Å². The molecular weight excluding hydrogens is 288 g/mol. The number of nitrogens with zero attached hydrogens (tertiary/aromatic N) is 3. The van der Waals surface area contributed by atoms with Crippen molar-refractivity contribution in [3.63, 3.8) is 0 Å². The highest BCUT2D eigenvalue weighted by molar-refractivity contribution is 7.92. The Morgan fingerprint density at radius 3 is 2.37 bits per heavy atom. The lowest BCUT2D eigenvalue weighted by Gasteiger charge is -2.09. The molecule has 1 N–H and O–H groups in total.